The van der Waals surface area contributed by atoms with E-state index in [1.165, 1.54) is 6.20 Å². The van der Waals surface area contributed by atoms with Gasteiger partial charge in [-0.25, -0.2) is 4.52 Å². The smallest absolute Gasteiger partial charge is 0.259 e. The van der Waals surface area contributed by atoms with E-state index >= 15 is 0 Å². The summed E-state index contributed by atoms with van der Waals surface area (Å²) in [6.45, 7) is 5.81. The lowest BCUT2D eigenvalue weighted by Crippen LogP contribution is -2.27. The molecule has 1 fully saturated rings. The van der Waals surface area contributed by atoms with Crippen LogP contribution in [0.4, 0.5) is 5.69 Å². The number of anilines is 1. The first-order chi connectivity index (χ1) is 18.2. The third-order valence-electron chi connectivity index (χ3n) is 6.49. The third-order valence-corrected chi connectivity index (χ3v) is 6.82. The number of hydrogen-bond donors (Lipinski definition) is 2. The molecule has 4 aromatic heterocycles. The second kappa shape index (κ2) is 9.03. The summed E-state index contributed by atoms with van der Waals surface area (Å²) in [4.78, 5) is 15.0. The molecule has 11 nitrogen and oxygen atoms in total. The maximum Gasteiger partial charge on any atom is 0.259 e. The van der Waals surface area contributed by atoms with Gasteiger partial charge in [-0.2, -0.15) is 15.0 Å². The van der Waals surface area contributed by atoms with Gasteiger partial charge >= 0.3 is 0 Å². The molecule has 0 bridgehead atoms. The van der Waals surface area contributed by atoms with Crippen molar-refractivity contribution in [3.05, 3.63) is 65.2 Å². The van der Waals surface area contributed by atoms with Crippen LogP contribution in [0, 0.1) is 6.92 Å². The molecule has 1 saturated carbocycles. The molecule has 0 spiro atoms. The molecule has 1 amide bonds. The number of fused-ring (bicyclic) bond motifs is 1. The Labute approximate surface area is 223 Å². The second-order valence-electron chi connectivity index (χ2n) is 10.2. The summed E-state index contributed by atoms with van der Waals surface area (Å²) in [7, 11) is 0. The molecule has 4 heterocycles. The topological polar surface area (TPSA) is 128 Å². The lowest BCUT2D eigenvalue weighted by atomic mass is 10.1. The van der Waals surface area contributed by atoms with Crippen molar-refractivity contribution in [2.24, 2.45) is 0 Å². The number of halogens is 1. The molecule has 2 N–H and O–H groups in total. The summed E-state index contributed by atoms with van der Waals surface area (Å²) in [5.41, 5.74) is 4.00. The summed E-state index contributed by atoms with van der Waals surface area (Å²) < 4.78 is 3.42. The number of nitrogens with one attached hydrogen (secondary N) is 1. The highest BCUT2D eigenvalue weighted by Crippen LogP contribution is 2.34. The monoisotopic (exact) mass is 531 g/mol. The van der Waals surface area contributed by atoms with Crippen molar-refractivity contribution in [3.63, 3.8) is 0 Å². The number of carbonyl (C=O) groups is 1. The number of rotatable bonds is 7. The van der Waals surface area contributed by atoms with Gasteiger partial charge in [0.2, 0.25) is 5.82 Å². The number of nitrogens with zero attached hydrogens (tertiary/aromatic N) is 8. The molecule has 38 heavy (non-hydrogen) atoms. The van der Waals surface area contributed by atoms with Crippen LogP contribution in [-0.2, 0) is 6.54 Å². The van der Waals surface area contributed by atoms with E-state index in [0.29, 0.717) is 45.8 Å². The first-order valence-corrected chi connectivity index (χ1v) is 12.7. The van der Waals surface area contributed by atoms with E-state index in [4.69, 9.17) is 11.6 Å². The lowest BCUT2D eigenvalue weighted by Gasteiger charge is -2.18. The summed E-state index contributed by atoms with van der Waals surface area (Å²) >= 11 is 6.42. The Balaban J connectivity index is 1.28. The van der Waals surface area contributed by atoms with Crippen molar-refractivity contribution in [2.45, 2.75) is 51.8 Å². The Morgan fingerprint density at radius 1 is 1.16 bits per heavy atom. The van der Waals surface area contributed by atoms with Gasteiger partial charge in [-0.1, -0.05) is 11.6 Å². The summed E-state index contributed by atoms with van der Waals surface area (Å²) in [6, 6.07) is 9.39. The van der Waals surface area contributed by atoms with E-state index in [9.17, 15) is 9.90 Å². The Hall–Kier alpha value is -4.09. The molecular weight excluding hydrogens is 506 g/mol. The first kappa shape index (κ1) is 24.3. The molecule has 194 valence electrons. The Bertz CT molecular complexity index is 1670. The van der Waals surface area contributed by atoms with Gasteiger partial charge in [-0.3, -0.25) is 9.48 Å². The average molecular weight is 532 g/mol. The number of amides is 1. The summed E-state index contributed by atoms with van der Waals surface area (Å²) in [5, 5.41) is 35.0. The highest BCUT2D eigenvalue weighted by Gasteiger charge is 2.27. The predicted octanol–water partition coefficient (Wildman–Crippen LogP) is 4.17. The molecule has 1 aromatic carbocycles. The Kier molecular flexibility index (Phi) is 5.77. The molecule has 0 radical (unpaired) electrons. The van der Waals surface area contributed by atoms with Gasteiger partial charge in [0.1, 0.15) is 0 Å². The van der Waals surface area contributed by atoms with Crippen LogP contribution in [-0.4, -0.2) is 56.2 Å². The van der Waals surface area contributed by atoms with Crippen molar-refractivity contribution in [1.29, 1.82) is 0 Å². The maximum atomic E-state index is 13.4. The zero-order chi connectivity index (χ0) is 26.6. The molecule has 0 atom stereocenters. The molecule has 0 unspecified atom stereocenters. The van der Waals surface area contributed by atoms with Gasteiger partial charge in [0.15, 0.2) is 0 Å². The zero-order valence-electron chi connectivity index (χ0n) is 21.1. The van der Waals surface area contributed by atoms with Crippen LogP contribution < -0.4 is 5.32 Å². The molecule has 0 saturated heterocycles. The Morgan fingerprint density at radius 2 is 1.97 bits per heavy atom. The third kappa shape index (κ3) is 4.66. The fraction of sp³-hybridized carbons (Fsp3) is 0.308. The SMILES string of the molecule is Cc1c(-c2ccn3ncc(C(=O)Nc4cc(-c5nnn(C6CC6)n5)ccc4Cl)c3c2)cnn1CC(C)(C)O. The number of hydrogen-bond acceptors (Lipinski definition) is 7. The number of carbonyl (C=O) groups excluding carboxylic acids is 1. The van der Waals surface area contributed by atoms with Crippen LogP contribution in [0.25, 0.3) is 28.0 Å². The van der Waals surface area contributed by atoms with E-state index in [2.05, 4.69) is 30.9 Å². The van der Waals surface area contributed by atoms with Crippen LogP contribution in [0.2, 0.25) is 5.02 Å². The van der Waals surface area contributed by atoms with Crippen molar-refractivity contribution >= 4 is 28.7 Å². The van der Waals surface area contributed by atoms with Crippen molar-refractivity contribution in [2.75, 3.05) is 5.32 Å². The maximum absolute atomic E-state index is 13.4. The normalized spacial score (nSPS) is 13.8. The first-order valence-electron chi connectivity index (χ1n) is 12.3. The van der Waals surface area contributed by atoms with Crippen molar-refractivity contribution in [1.82, 2.24) is 39.6 Å². The number of aliphatic hydroxyl groups is 1. The van der Waals surface area contributed by atoms with E-state index in [1.807, 2.05) is 19.1 Å². The molecule has 12 heteroatoms. The lowest BCUT2D eigenvalue weighted by molar-refractivity contribution is 0.0571. The minimum Gasteiger partial charge on any atom is -0.389 e. The quantitative estimate of drug-likeness (QED) is 0.322. The van der Waals surface area contributed by atoms with Gasteiger partial charge < -0.3 is 10.4 Å². The fourth-order valence-electron chi connectivity index (χ4n) is 4.33. The molecule has 6 rings (SSSR count). The van der Waals surface area contributed by atoms with Gasteiger partial charge in [-0.05, 0) is 74.7 Å². The van der Waals surface area contributed by atoms with Crippen molar-refractivity contribution < 1.29 is 9.90 Å². The predicted molar refractivity (Wildman–Crippen MR) is 142 cm³/mol. The molecule has 0 aliphatic heterocycles. The molecule has 5 aromatic rings. The van der Waals surface area contributed by atoms with Crippen LogP contribution in [0.3, 0.4) is 0 Å². The minimum absolute atomic E-state index is 0.322. The second-order valence-corrected chi connectivity index (χ2v) is 10.6. The fourth-order valence-corrected chi connectivity index (χ4v) is 4.49. The summed E-state index contributed by atoms with van der Waals surface area (Å²) in [5.74, 6) is 0.130. The highest BCUT2D eigenvalue weighted by atomic mass is 35.5. The summed E-state index contributed by atoms with van der Waals surface area (Å²) in [6.07, 6.45) is 7.21. The van der Waals surface area contributed by atoms with Gasteiger partial charge in [-0.15, -0.1) is 10.2 Å². The van der Waals surface area contributed by atoms with E-state index < -0.39 is 5.60 Å². The van der Waals surface area contributed by atoms with Gasteiger partial charge in [0.25, 0.3) is 5.91 Å². The standard InChI is InChI=1S/C26H26ClN9O2/c1-15-19(12-29-35(15)14-26(2,3)38)16-8-9-34-23(11-16)20(13-28-34)25(37)30-22-10-17(4-7-21(22)27)24-31-33-36(32-24)18-5-6-18/h4,7-13,18,38H,5-6,14H2,1-3H3,(H,30,37). The van der Waals surface area contributed by atoms with E-state index in [0.717, 1.165) is 29.7 Å². The van der Waals surface area contributed by atoms with E-state index in [1.54, 1.807) is 58.4 Å². The number of tetrazole rings is 1. The van der Waals surface area contributed by atoms with Crippen LogP contribution in [0.15, 0.2) is 48.9 Å². The molecule has 1 aliphatic rings. The largest absolute Gasteiger partial charge is 0.389 e. The van der Waals surface area contributed by atoms with Gasteiger partial charge in [0.05, 0.1) is 52.4 Å². The van der Waals surface area contributed by atoms with Crippen LogP contribution >= 0.6 is 11.6 Å². The number of benzene rings is 1. The van der Waals surface area contributed by atoms with E-state index in [-0.39, 0.29) is 5.91 Å². The zero-order valence-corrected chi connectivity index (χ0v) is 21.9. The minimum atomic E-state index is -0.892. The molecular formula is C26H26ClN9O2. The van der Waals surface area contributed by atoms with Crippen LogP contribution in [0.1, 0.15) is 48.8 Å². The van der Waals surface area contributed by atoms with Crippen molar-refractivity contribution in [3.8, 4) is 22.5 Å². The Morgan fingerprint density at radius 3 is 2.74 bits per heavy atom. The number of aromatic nitrogens is 8. The molecule has 1 aliphatic carbocycles. The van der Waals surface area contributed by atoms with Crippen LogP contribution in [0.5, 0.6) is 0 Å². The number of pyridine rings is 1. The van der Waals surface area contributed by atoms with Gasteiger partial charge in [0, 0.05) is 23.0 Å². The highest BCUT2D eigenvalue weighted by molar-refractivity contribution is 6.34. The average Bonchev–Trinajstić information content (AvgIpc) is 3.28.